The van der Waals surface area contributed by atoms with Crippen LogP contribution in [0.1, 0.15) is 0 Å². The van der Waals surface area contributed by atoms with Crippen molar-refractivity contribution in [2.24, 2.45) is 0 Å². The van der Waals surface area contributed by atoms with Crippen molar-refractivity contribution >= 4 is 69.6 Å². The molecular weight excluding hydrogens is 389 g/mol. The largest absolute Gasteiger partial charge is 0.503 e. The van der Waals surface area contributed by atoms with Crippen molar-refractivity contribution < 1.29 is 9.84 Å². The lowest BCUT2D eigenvalue weighted by atomic mass is 10.3. The summed E-state index contributed by atoms with van der Waals surface area (Å²) in [5, 5.41) is 10.6. The third-order valence-electron chi connectivity index (χ3n) is 2.28. The average Bonchev–Trinajstić information content (AvgIpc) is 2.37. The van der Waals surface area contributed by atoms with Gasteiger partial charge in [0.25, 0.3) is 0 Å². The van der Waals surface area contributed by atoms with Gasteiger partial charge in [0.2, 0.25) is 0 Å². The van der Waals surface area contributed by atoms with Gasteiger partial charge in [0.15, 0.2) is 17.2 Å². The van der Waals surface area contributed by atoms with Gasteiger partial charge in [-0.3, -0.25) is 0 Å². The molecule has 0 spiro atoms. The van der Waals surface area contributed by atoms with Crippen LogP contribution in [-0.2, 0) is 0 Å². The van der Waals surface area contributed by atoms with Crippen LogP contribution in [0.4, 0.5) is 0 Å². The first kappa shape index (κ1) is 16.2. The highest BCUT2D eigenvalue weighted by Gasteiger charge is 2.18. The molecule has 2 nitrogen and oxygen atoms in total. The van der Waals surface area contributed by atoms with Crippen molar-refractivity contribution in [2.45, 2.75) is 0 Å². The van der Waals surface area contributed by atoms with Gasteiger partial charge in [0.1, 0.15) is 5.02 Å². The highest BCUT2D eigenvalue weighted by Crippen LogP contribution is 2.47. The van der Waals surface area contributed by atoms with Crippen LogP contribution in [-0.4, -0.2) is 5.11 Å². The minimum absolute atomic E-state index is 0.0199. The summed E-state index contributed by atoms with van der Waals surface area (Å²) < 4.78 is 5.44. The van der Waals surface area contributed by atoms with Crippen LogP contribution in [0.5, 0.6) is 17.2 Å². The Kier molecular flexibility index (Phi) is 5.06. The predicted molar refractivity (Wildman–Crippen MR) is 84.7 cm³/mol. The van der Waals surface area contributed by atoms with E-state index in [2.05, 4.69) is 0 Å². The second-order valence-electron chi connectivity index (χ2n) is 3.63. The third-order valence-corrected chi connectivity index (χ3v) is 4.31. The molecule has 0 unspecified atom stereocenters. The topological polar surface area (TPSA) is 29.5 Å². The van der Waals surface area contributed by atoms with Crippen LogP contribution in [0.3, 0.4) is 0 Å². The van der Waals surface area contributed by atoms with Crippen LogP contribution in [0.2, 0.25) is 30.1 Å². The minimum Gasteiger partial charge on any atom is -0.503 e. The summed E-state index contributed by atoms with van der Waals surface area (Å²) in [5.41, 5.74) is 0. The fourth-order valence-electron chi connectivity index (χ4n) is 1.38. The Morgan fingerprint density at radius 3 is 1.85 bits per heavy atom. The number of phenols is 1. The van der Waals surface area contributed by atoms with E-state index in [0.29, 0.717) is 5.02 Å². The van der Waals surface area contributed by atoms with E-state index < -0.39 is 0 Å². The maximum atomic E-state index is 9.89. The number of hydrogen-bond donors (Lipinski definition) is 1. The van der Waals surface area contributed by atoms with Crippen molar-refractivity contribution in [2.75, 3.05) is 0 Å². The molecule has 0 amide bonds. The maximum absolute atomic E-state index is 9.89. The van der Waals surface area contributed by atoms with E-state index >= 15 is 0 Å². The molecule has 0 aromatic heterocycles. The van der Waals surface area contributed by atoms with Gasteiger partial charge in [0.05, 0.1) is 20.1 Å². The first-order valence-electron chi connectivity index (χ1n) is 5.00. The Morgan fingerprint density at radius 1 is 0.750 bits per heavy atom. The molecule has 0 saturated carbocycles. The van der Waals surface area contributed by atoms with Gasteiger partial charge in [0, 0.05) is 11.1 Å². The molecule has 0 saturated heterocycles. The molecule has 1 N–H and O–H groups in total. The van der Waals surface area contributed by atoms with Crippen molar-refractivity contribution in [1.29, 1.82) is 0 Å². The molecule has 8 heteroatoms. The van der Waals surface area contributed by atoms with Gasteiger partial charge in [-0.25, -0.2) is 0 Å². The molecule has 2 aromatic carbocycles. The number of phenolic OH excluding ortho intramolecular Hbond substituents is 1. The van der Waals surface area contributed by atoms with Crippen LogP contribution in [0.25, 0.3) is 0 Å². The molecule has 2 rings (SSSR count). The average molecular weight is 393 g/mol. The van der Waals surface area contributed by atoms with E-state index in [1.165, 1.54) is 18.2 Å². The first-order valence-corrected chi connectivity index (χ1v) is 7.27. The van der Waals surface area contributed by atoms with Crippen LogP contribution in [0, 0.1) is 0 Å². The molecular formula is C12H4Cl6O2. The number of hydrogen-bond acceptors (Lipinski definition) is 2. The lowest BCUT2D eigenvalue weighted by molar-refractivity contribution is 0.412. The van der Waals surface area contributed by atoms with E-state index in [9.17, 15) is 5.11 Å². The number of halogens is 6. The van der Waals surface area contributed by atoms with Crippen LogP contribution >= 0.6 is 69.6 Å². The van der Waals surface area contributed by atoms with Crippen LogP contribution < -0.4 is 4.74 Å². The third kappa shape index (κ3) is 3.16. The quantitative estimate of drug-likeness (QED) is 0.552. The van der Waals surface area contributed by atoms with Gasteiger partial charge < -0.3 is 9.84 Å². The fraction of sp³-hybridized carbons (Fsp3) is 0. The van der Waals surface area contributed by atoms with Gasteiger partial charge in [-0.2, -0.15) is 0 Å². The van der Waals surface area contributed by atoms with Crippen LogP contribution in [0.15, 0.2) is 18.2 Å². The van der Waals surface area contributed by atoms with E-state index in [-0.39, 0.29) is 42.4 Å². The molecule has 0 atom stereocenters. The van der Waals surface area contributed by atoms with Crippen molar-refractivity contribution in [1.82, 2.24) is 0 Å². The molecule has 0 aliphatic carbocycles. The normalized spacial score (nSPS) is 10.7. The zero-order valence-electron chi connectivity index (χ0n) is 9.36. The highest BCUT2D eigenvalue weighted by molar-refractivity contribution is 6.48. The van der Waals surface area contributed by atoms with Crippen molar-refractivity contribution in [3.8, 4) is 17.2 Å². The Morgan fingerprint density at radius 2 is 1.30 bits per heavy atom. The second-order valence-corrected chi connectivity index (χ2v) is 6.05. The summed E-state index contributed by atoms with van der Waals surface area (Å²) >= 11 is 35.2. The second kappa shape index (κ2) is 6.27. The molecule has 0 aliphatic rings. The monoisotopic (exact) mass is 390 g/mol. The molecule has 20 heavy (non-hydrogen) atoms. The molecule has 0 fully saturated rings. The van der Waals surface area contributed by atoms with Crippen molar-refractivity contribution in [3.63, 3.8) is 0 Å². The molecule has 106 valence electrons. The fourth-order valence-corrected chi connectivity index (χ4v) is 2.85. The van der Waals surface area contributed by atoms with Gasteiger partial charge >= 0.3 is 0 Å². The maximum Gasteiger partial charge on any atom is 0.179 e. The number of ether oxygens (including phenoxy) is 1. The number of aromatic hydroxyl groups is 1. The lowest BCUT2D eigenvalue weighted by Gasteiger charge is -2.13. The molecule has 2 aromatic rings. The lowest BCUT2D eigenvalue weighted by Crippen LogP contribution is -1.89. The van der Waals surface area contributed by atoms with Gasteiger partial charge in [-0.05, 0) is 12.1 Å². The Balaban J connectivity index is 2.51. The summed E-state index contributed by atoms with van der Waals surface area (Å²) in [6.45, 7) is 0. The molecule has 0 heterocycles. The summed E-state index contributed by atoms with van der Waals surface area (Å²) in [6, 6.07) is 4.19. The van der Waals surface area contributed by atoms with E-state index in [1.54, 1.807) is 0 Å². The molecule has 0 aliphatic heterocycles. The van der Waals surface area contributed by atoms with E-state index in [0.717, 1.165) is 0 Å². The van der Waals surface area contributed by atoms with E-state index in [1.807, 2.05) is 0 Å². The Hall–Kier alpha value is -0.220. The first-order chi connectivity index (χ1) is 9.31. The van der Waals surface area contributed by atoms with E-state index in [4.69, 9.17) is 74.3 Å². The zero-order valence-corrected chi connectivity index (χ0v) is 13.9. The standard InChI is InChI=1S/C12H4Cl6O2/c13-4-1-6(15)12(7(16)2-4)20-8-3-5(14)9(17)10(18)11(8)19/h1-3,19H. The molecule has 0 bridgehead atoms. The SMILES string of the molecule is Oc1c(Oc2c(Cl)cc(Cl)cc2Cl)cc(Cl)c(Cl)c1Cl. The smallest absolute Gasteiger partial charge is 0.179 e. The predicted octanol–water partition coefficient (Wildman–Crippen LogP) is 7.10. The van der Waals surface area contributed by atoms with Gasteiger partial charge in [-0.15, -0.1) is 0 Å². The summed E-state index contributed by atoms with van der Waals surface area (Å²) in [5.74, 6) is -0.291. The van der Waals surface area contributed by atoms with Gasteiger partial charge in [-0.1, -0.05) is 69.6 Å². The number of rotatable bonds is 2. The summed E-state index contributed by atoms with van der Waals surface area (Å²) in [7, 11) is 0. The summed E-state index contributed by atoms with van der Waals surface area (Å²) in [6.07, 6.45) is 0. The highest BCUT2D eigenvalue weighted by atomic mass is 35.5. The Labute approximate surface area is 144 Å². The van der Waals surface area contributed by atoms with Crippen molar-refractivity contribution in [3.05, 3.63) is 48.3 Å². The summed E-state index contributed by atoms with van der Waals surface area (Å²) in [4.78, 5) is 0. The zero-order chi connectivity index (χ0) is 15.0. The molecule has 0 radical (unpaired) electrons. The minimum atomic E-state index is -0.372. The Bertz CT molecular complexity index is 663. The number of benzene rings is 2.